The Morgan fingerprint density at radius 1 is 1.11 bits per heavy atom. The monoisotopic (exact) mass is 364 g/mol. The predicted molar refractivity (Wildman–Crippen MR) is 104 cm³/mol. The Labute approximate surface area is 162 Å². The first-order valence-electron chi connectivity index (χ1n) is 11.7. The van der Waals surface area contributed by atoms with Crippen molar-refractivity contribution in [2.24, 2.45) is 52.8 Å². The minimum Gasteiger partial charge on any atom is -0.366 e. The second kappa shape index (κ2) is 4.99. The summed E-state index contributed by atoms with van der Waals surface area (Å²) < 4.78 is 6.57. The molecule has 27 heavy (non-hydrogen) atoms. The van der Waals surface area contributed by atoms with E-state index in [1.807, 2.05) is 0 Å². The topological polar surface area (TPSA) is 26.3 Å². The summed E-state index contributed by atoms with van der Waals surface area (Å²) in [5.41, 5.74) is 1.98. The maximum Gasteiger partial charge on any atom is 0.155 e. The first-order valence-corrected chi connectivity index (χ1v) is 11.7. The summed E-state index contributed by atoms with van der Waals surface area (Å²) in [6, 6.07) is 0. The van der Waals surface area contributed by atoms with Gasteiger partial charge in [0.25, 0.3) is 0 Å². The number of hydrogen-bond acceptors (Lipinski definition) is 2. The zero-order valence-electron chi connectivity index (χ0n) is 16.5. The van der Waals surface area contributed by atoms with Gasteiger partial charge in [-0.05, 0) is 98.4 Å². The van der Waals surface area contributed by atoms with Gasteiger partial charge in [-0.2, -0.15) is 0 Å². The molecular weight excluding hydrogens is 332 g/mol. The number of carbonyl (C=O) groups excluding carboxylic acids is 1. The van der Waals surface area contributed by atoms with E-state index in [0.29, 0.717) is 11.2 Å². The van der Waals surface area contributed by atoms with Gasteiger partial charge in [-0.3, -0.25) is 4.79 Å². The highest BCUT2D eigenvalue weighted by molar-refractivity contribution is 5.91. The van der Waals surface area contributed by atoms with Crippen molar-refractivity contribution in [1.82, 2.24) is 0 Å². The van der Waals surface area contributed by atoms with E-state index in [1.165, 1.54) is 38.5 Å². The van der Waals surface area contributed by atoms with Gasteiger partial charge >= 0.3 is 0 Å². The molecule has 5 saturated carbocycles. The van der Waals surface area contributed by atoms with Gasteiger partial charge in [-0.1, -0.05) is 24.6 Å². The van der Waals surface area contributed by atoms with Crippen molar-refractivity contribution in [2.45, 2.75) is 63.9 Å². The lowest BCUT2D eigenvalue weighted by atomic mass is 9.46. The first kappa shape index (κ1) is 16.0. The van der Waals surface area contributed by atoms with E-state index in [1.54, 1.807) is 5.57 Å². The van der Waals surface area contributed by atoms with Gasteiger partial charge in [0.15, 0.2) is 5.78 Å². The number of allylic oxidation sites excluding steroid dienone is 1. The van der Waals surface area contributed by atoms with E-state index in [2.05, 4.69) is 25.2 Å². The third kappa shape index (κ3) is 1.85. The van der Waals surface area contributed by atoms with E-state index in [-0.39, 0.29) is 5.60 Å². The van der Waals surface area contributed by atoms with Crippen LogP contribution in [0, 0.1) is 52.8 Å². The van der Waals surface area contributed by atoms with Crippen LogP contribution in [0.3, 0.4) is 0 Å². The lowest BCUT2D eigenvalue weighted by molar-refractivity contribution is -0.143. The zero-order chi connectivity index (χ0) is 18.0. The number of fused-ring (bicyclic) bond motifs is 9. The molecule has 1 heterocycles. The summed E-state index contributed by atoms with van der Waals surface area (Å²) in [6.45, 7) is 3.44. The molecular formula is C25H32O2. The Morgan fingerprint density at radius 3 is 2.78 bits per heavy atom. The third-order valence-electron chi connectivity index (χ3n) is 10.4. The predicted octanol–water partition coefficient (Wildman–Crippen LogP) is 4.95. The lowest BCUT2D eigenvalue weighted by Crippen LogP contribution is -2.56. The maximum absolute atomic E-state index is 12.1. The van der Waals surface area contributed by atoms with Crippen molar-refractivity contribution in [3.63, 3.8) is 0 Å². The van der Waals surface area contributed by atoms with Gasteiger partial charge < -0.3 is 4.74 Å². The number of ketones is 1. The van der Waals surface area contributed by atoms with Gasteiger partial charge in [0, 0.05) is 11.8 Å². The van der Waals surface area contributed by atoms with Crippen LogP contribution in [-0.2, 0) is 9.53 Å². The van der Waals surface area contributed by atoms with Gasteiger partial charge in [-0.25, -0.2) is 0 Å². The van der Waals surface area contributed by atoms with Crippen LogP contribution in [-0.4, -0.2) is 18.0 Å². The fraction of sp³-hybridized carbons (Fsp3) is 0.800. The van der Waals surface area contributed by atoms with Crippen LogP contribution in [0.2, 0.25) is 0 Å². The van der Waals surface area contributed by atoms with Crippen LogP contribution in [0.25, 0.3) is 0 Å². The number of ether oxygens (including phenoxy) is 1. The largest absolute Gasteiger partial charge is 0.366 e. The average molecular weight is 365 g/mol. The molecule has 9 atom stereocenters. The Morgan fingerprint density at radius 2 is 2.00 bits per heavy atom. The lowest BCUT2D eigenvalue weighted by Gasteiger charge is -2.59. The number of carbonyl (C=O) groups is 1. The number of rotatable bonds is 1. The van der Waals surface area contributed by atoms with Crippen LogP contribution >= 0.6 is 0 Å². The maximum atomic E-state index is 12.1. The van der Waals surface area contributed by atoms with Gasteiger partial charge in [0.1, 0.15) is 0 Å². The minimum atomic E-state index is 0.0695. The van der Waals surface area contributed by atoms with E-state index < -0.39 is 0 Å². The summed E-state index contributed by atoms with van der Waals surface area (Å²) in [7, 11) is 0. The molecule has 7 rings (SSSR count). The summed E-state index contributed by atoms with van der Waals surface area (Å²) in [5, 5.41) is 0. The molecule has 0 aromatic carbocycles. The smallest absolute Gasteiger partial charge is 0.155 e. The normalized spacial score (nSPS) is 57.7. The first-order chi connectivity index (χ1) is 13.1. The third-order valence-corrected chi connectivity index (χ3v) is 10.4. The molecule has 1 spiro atoms. The van der Waals surface area contributed by atoms with Crippen LogP contribution < -0.4 is 0 Å². The Hall–Kier alpha value is -0.890. The summed E-state index contributed by atoms with van der Waals surface area (Å²) in [6.07, 6.45) is 17.1. The van der Waals surface area contributed by atoms with E-state index in [9.17, 15) is 4.79 Å². The molecule has 0 unspecified atom stereocenters. The van der Waals surface area contributed by atoms with Crippen molar-refractivity contribution in [3.8, 4) is 0 Å². The van der Waals surface area contributed by atoms with Crippen molar-refractivity contribution < 1.29 is 9.53 Å². The second-order valence-corrected chi connectivity index (χ2v) is 11.3. The molecule has 0 bridgehead atoms. The van der Waals surface area contributed by atoms with Gasteiger partial charge in [0.05, 0.1) is 12.2 Å². The summed E-state index contributed by atoms with van der Waals surface area (Å²) >= 11 is 0. The van der Waals surface area contributed by atoms with Crippen LogP contribution in [0.1, 0.15) is 58.3 Å². The van der Waals surface area contributed by atoms with Crippen LogP contribution in [0.4, 0.5) is 0 Å². The molecule has 6 aliphatic carbocycles. The van der Waals surface area contributed by atoms with Crippen molar-refractivity contribution in [3.05, 3.63) is 23.8 Å². The molecule has 2 heteroatoms. The zero-order valence-corrected chi connectivity index (χ0v) is 16.5. The standard InChI is InChI=1S/C25H32O2/c1-24-9-7-18-17-6-5-16(26)11-15(17)12-19(14-3-4-14)22(18)23(24)20-13-21(20)25(24)8-2-10-27-25/h2,8,11,14,17-23H,3-7,9-10,12-13H2,1H3/t17-,18+,19-,20-,21+,22-,23-,24-,25-/m0/s1. The Balaban J connectivity index is 1.33. The van der Waals surface area contributed by atoms with Crippen LogP contribution in [0.15, 0.2) is 23.8 Å². The fourth-order valence-electron chi connectivity index (χ4n) is 9.34. The highest BCUT2D eigenvalue weighted by atomic mass is 16.5. The molecule has 5 fully saturated rings. The van der Waals surface area contributed by atoms with Crippen LogP contribution in [0.5, 0.6) is 0 Å². The Kier molecular flexibility index (Phi) is 2.95. The highest BCUT2D eigenvalue weighted by Crippen LogP contribution is 2.78. The number of hydrogen-bond donors (Lipinski definition) is 0. The molecule has 0 aromatic rings. The molecule has 7 aliphatic rings. The van der Waals surface area contributed by atoms with Gasteiger partial charge in [-0.15, -0.1) is 0 Å². The van der Waals surface area contributed by atoms with E-state index in [0.717, 1.165) is 66.8 Å². The molecule has 0 N–H and O–H groups in total. The molecule has 1 aliphatic heterocycles. The van der Waals surface area contributed by atoms with Crippen molar-refractivity contribution in [2.75, 3.05) is 6.61 Å². The quantitative estimate of drug-likeness (QED) is 0.616. The SMILES string of the molecule is C[C@]12CC[C@H]3[C@H]([C@@H]1[C@H]1C[C@H]1[C@@]21C=CCO1)[C@H](C1CC1)CC1=CC(=O)CC[C@@H]13. The second-order valence-electron chi connectivity index (χ2n) is 11.3. The Bertz CT molecular complexity index is 775. The summed E-state index contributed by atoms with van der Waals surface area (Å²) in [5.74, 6) is 7.28. The minimum absolute atomic E-state index is 0.0695. The highest BCUT2D eigenvalue weighted by Gasteiger charge is 2.77. The molecule has 144 valence electrons. The van der Waals surface area contributed by atoms with Crippen molar-refractivity contribution in [1.29, 1.82) is 0 Å². The average Bonchev–Trinajstić information content (AvgIpc) is 3.58. The van der Waals surface area contributed by atoms with Crippen molar-refractivity contribution >= 4 is 5.78 Å². The summed E-state index contributed by atoms with van der Waals surface area (Å²) in [4.78, 5) is 12.1. The van der Waals surface area contributed by atoms with Gasteiger partial charge in [0.2, 0.25) is 0 Å². The molecule has 2 nitrogen and oxygen atoms in total. The molecule has 0 aromatic heterocycles. The molecule has 0 radical (unpaired) electrons. The molecule has 0 saturated heterocycles. The molecule has 0 amide bonds. The fourth-order valence-corrected chi connectivity index (χ4v) is 9.34. The van der Waals surface area contributed by atoms with E-state index >= 15 is 0 Å². The van der Waals surface area contributed by atoms with E-state index in [4.69, 9.17) is 4.74 Å².